The van der Waals surface area contributed by atoms with Gasteiger partial charge >= 0.3 is 0 Å². The molecule has 2 fully saturated rings. The number of amides is 1. The van der Waals surface area contributed by atoms with Crippen molar-refractivity contribution in [3.63, 3.8) is 0 Å². The van der Waals surface area contributed by atoms with Crippen molar-refractivity contribution < 1.29 is 9.90 Å². The summed E-state index contributed by atoms with van der Waals surface area (Å²) >= 11 is 1.34. The van der Waals surface area contributed by atoms with Gasteiger partial charge in [0.2, 0.25) is 0 Å². The smallest absolute Gasteiger partial charge is 0.268 e. The second kappa shape index (κ2) is 4.89. The number of hydrogen-bond acceptors (Lipinski definition) is 6. The summed E-state index contributed by atoms with van der Waals surface area (Å²) in [4.78, 5) is 21.3. The highest BCUT2D eigenvalue weighted by molar-refractivity contribution is 7.18. The summed E-state index contributed by atoms with van der Waals surface area (Å²) in [7, 11) is 3.76. The Morgan fingerprint density at radius 2 is 2.00 bits per heavy atom. The van der Waals surface area contributed by atoms with Crippen molar-refractivity contribution in [1.82, 2.24) is 9.88 Å². The zero-order chi connectivity index (χ0) is 14.4. The second-order valence-corrected chi connectivity index (χ2v) is 6.81. The van der Waals surface area contributed by atoms with Crippen molar-refractivity contribution in [3.05, 3.63) is 4.88 Å². The van der Waals surface area contributed by atoms with Crippen molar-refractivity contribution in [3.8, 4) is 0 Å². The van der Waals surface area contributed by atoms with E-state index >= 15 is 0 Å². The lowest BCUT2D eigenvalue weighted by Gasteiger charge is -2.36. The molecule has 2 unspecified atom stereocenters. The number of carbonyl (C=O) groups is 1. The summed E-state index contributed by atoms with van der Waals surface area (Å²) in [6.07, 6.45) is 3.05. The summed E-state index contributed by atoms with van der Waals surface area (Å²) in [5.74, 6) is 0.293. The van der Waals surface area contributed by atoms with Gasteiger partial charge in [-0.2, -0.15) is 0 Å². The number of nitrogen functional groups attached to an aromatic ring is 1. The largest absolute Gasteiger partial charge is 0.393 e. The molecule has 2 atom stereocenters. The number of aliphatic hydroxyl groups excluding tert-OH is 1. The lowest BCUT2D eigenvalue weighted by molar-refractivity contribution is 0.0291. The third kappa shape index (κ3) is 2.14. The van der Waals surface area contributed by atoms with Gasteiger partial charge in [-0.1, -0.05) is 11.3 Å². The van der Waals surface area contributed by atoms with E-state index < -0.39 is 0 Å². The molecule has 7 heteroatoms. The molecule has 2 saturated heterocycles. The van der Waals surface area contributed by atoms with Crippen LogP contribution in [0.1, 0.15) is 35.4 Å². The number of hydrogen-bond donors (Lipinski definition) is 2. The van der Waals surface area contributed by atoms with E-state index in [0.717, 1.165) is 18.0 Å². The van der Waals surface area contributed by atoms with Crippen LogP contribution in [-0.2, 0) is 0 Å². The van der Waals surface area contributed by atoms with Gasteiger partial charge in [-0.3, -0.25) is 4.79 Å². The van der Waals surface area contributed by atoms with Crippen LogP contribution in [0.25, 0.3) is 0 Å². The number of fused-ring (bicyclic) bond motifs is 2. The molecule has 1 amide bonds. The van der Waals surface area contributed by atoms with Crippen LogP contribution in [0.3, 0.4) is 0 Å². The monoisotopic (exact) mass is 296 g/mol. The Morgan fingerprint density at radius 3 is 2.50 bits per heavy atom. The normalized spacial score (nSPS) is 28.8. The Bertz CT molecular complexity index is 516. The second-order valence-electron chi connectivity index (χ2n) is 5.83. The van der Waals surface area contributed by atoms with Crippen molar-refractivity contribution in [2.75, 3.05) is 24.7 Å². The first-order chi connectivity index (χ1) is 9.47. The van der Waals surface area contributed by atoms with Gasteiger partial charge in [-0.25, -0.2) is 4.98 Å². The van der Waals surface area contributed by atoms with Gasteiger partial charge in [0.15, 0.2) is 5.13 Å². The van der Waals surface area contributed by atoms with Crippen molar-refractivity contribution >= 4 is 28.2 Å². The van der Waals surface area contributed by atoms with E-state index in [9.17, 15) is 9.90 Å². The number of aliphatic hydroxyl groups is 1. The maximum absolute atomic E-state index is 12.7. The third-order valence-electron chi connectivity index (χ3n) is 4.16. The fourth-order valence-corrected chi connectivity index (χ4v) is 4.11. The lowest BCUT2D eigenvalue weighted by atomic mass is 10.00. The first-order valence-electron chi connectivity index (χ1n) is 6.91. The fourth-order valence-electron chi connectivity index (χ4n) is 3.26. The lowest BCUT2D eigenvalue weighted by Crippen LogP contribution is -2.47. The highest BCUT2D eigenvalue weighted by Gasteiger charge is 2.43. The number of anilines is 2. The standard InChI is InChI=1S/C13H20N4O2S/c1-16(2)13-15-11(14)10(20-13)12(19)17-7-3-4-8(17)6-9(18)5-7/h7-9,18H,3-6,14H2,1-2H3. The number of aromatic nitrogens is 1. The van der Waals surface area contributed by atoms with Crippen molar-refractivity contribution in [2.24, 2.45) is 0 Å². The predicted octanol–water partition coefficient (Wildman–Crippen LogP) is 0.919. The maximum Gasteiger partial charge on any atom is 0.268 e. The van der Waals surface area contributed by atoms with E-state index in [0.29, 0.717) is 23.5 Å². The minimum atomic E-state index is -0.271. The molecule has 2 aliphatic heterocycles. The Kier molecular flexibility index (Phi) is 3.33. The molecule has 0 saturated carbocycles. The molecule has 110 valence electrons. The van der Waals surface area contributed by atoms with Gasteiger partial charge < -0.3 is 20.6 Å². The molecule has 0 spiro atoms. The average Bonchev–Trinajstić information content (AvgIpc) is 2.88. The molecule has 0 aromatic carbocycles. The molecule has 1 aromatic rings. The number of carbonyl (C=O) groups excluding carboxylic acids is 1. The Labute approximate surface area is 122 Å². The predicted molar refractivity (Wildman–Crippen MR) is 79.1 cm³/mol. The quantitative estimate of drug-likeness (QED) is 0.848. The molecule has 2 aliphatic rings. The van der Waals surface area contributed by atoms with Gasteiger partial charge in [0.05, 0.1) is 6.10 Å². The minimum absolute atomic E-state index is 0.0208. The molecule has 3 rings (SSSR count). The fraction of sp³-hybridized carbons (Fsp3) is 0.692. The van der Waals surface area contributed by atoms with E-state index in [1.165, 1.54) is 11.3 Å². The van der Waals surface area contributed by atoms with E-state index in [4.69, 9.17) is 5.73 Å². The molecule has 0 radical (unpaired) electrons. The van der Waals surface area contributed by atoms with Gasteiger partial charge in [0.25, 0.3) is 5.91 Å². The molecule has 20 heavy (non-hydrogen) atoms. The first kappa shape index (κ1) is 13.6. The van der Waals surface area contributed by atoms with Gasteiger partial charge in [0.1, 0.15) is 10.7 Å². The Balaban J connectivity index is 1.86. The van der Waals surface area contributed by atoms with E-state index in [1.54, 1.807) is 0 Å². The van der Waals surface area contributed by atoms with Crippen molar-refractivity contribution in [1.29, 1.82) is 0 Å². The van der Waals surface area contributed by atoms with Crippen LogP contribution in [0.4, 0.5) is 10.9 Å². The zero-order valence-corrected chi connectivity index (χ0v) is 12.6. The summed E-state index contributed by atoms with van der Waals surface area (Å²) in [6, 6.07) is 0.307. The molecule has 6 nitrogen and oxygen atoms in total. The van der Waals surface area contributed by atoms with Gasteiger partial charge in [0, 0.05) is 26.2 Å². The maximum atomic E-state index is 12.7. The van der Waals surface area contributed by atoms with E-state index in [-0.39, 0.29) is 24.1 Å². The molecular weight excluding hydrogens is 276 g/mol. The molecule has 1 aromatic heterocycles. The molecule has 3 heterocycles. The minimum Gasteiger partial charge on any atom is -0.393 e. The third-order valence-corrected chi connectivity index (χ3v) is 5.39. The summed E-state index contributed by atoms with van der Waals surface area (Å²) in [5.41, 5.74) is 5.90. The summed E-state index contributed by atoms with van der Waals surface area (Å²) in [6.45, 7) is 0. The average molecular weight is 296 g/mol. The summed E-state index contributed by atoms with van der Waals surface area (Å²) in [5, 5.41) is 10.6. The van der Waals surface area contributed by atoms with Crippen LogP contribution >= 0.6 is 11.3 Å². The number of nitrogens with zero attached hydrogens (tertiary/aromatic N) is 3. The van der Waals surface area contributed by atoms with Crippen LogP contribution < -0.4 is 10.6 Å². The first-order valence-corrected chi connectivity index (χ1v) is 7.73. The summed E-state index contributed by atoms with van der Waals surface area (Å²) < 4.78 is 0. The topological polar surface area (TPSA) is 82.7 Å². The zero-order valence-electron chi connectivity index (χ0n) is 11.7. The molecule has 0 aliphatic carbocycles. The van der Waals surface area contributed by atoms with Crippen LogP contribution in [0.15, 0.2) is 0 Å². The number of piperidine rings is 1. The molecular formula is C13H20N4O2S. The van der Waals surface area contributed by atoms with Crippen LogP contribution in [0.5, 0.6) is 0 Å². The van der Waals surface area contributed by atoms with Gasteiger partial charge in [-0.05, 0) is 25.7 Å². The Morgan fingerprint density at radius 1 is 1.40 bits per heavy atom. The number of rotatable bonds is 2. The number of thiazole rings is 1. The van der Waals surface area contributed by atoms with Crippen LogP contribution in [0, 0.1) is 0 Å². The van der Waals surface area contributed by atoms with E-state index in [2.05, 4.69) is 4.98 Å². The van der Waals surface area contributed by atoms with E-state index in [1.807, 2.05) is 23.9 Å². The molecule has 3 N–H and O–H groups in total. The van der Waals surface area contributed by atoms with Gasteiger partial charge in [-0.15, -0.1) is 0 Å². The Hall–Kier alpha value is -1.34. The highest BCUT2D eigenvalue weighted by atomic mass is 32.1. The van der Waals surface area contributed by atoms with Crippen LogP contribution in [-0.4, -0.2) is 53.2 Å². The SMILES string of the molecule is CN(C)c1nc(N)c(C(=O)N2C3CCC2CC(O)C3)s1. The van der Waals surface area contributed by atoms with Crippen LogP contribution in [0.2, 0.25) is 0 Å². The highest BCUT2D eigenvalue weighted by Crippen LogP contribution is 2.38. The number of nitrogens with two attached hydrogens (primary N) is 1. The molecule has 2 bridgehead atoms. The van der Waals surface area contributed by atoms with Crippen molar-refractivity contribution in [2.45, 2.75) is 43.9 Å².